The lowest BCUT2D eigenvalue weighted by Gasteiger charge is -2.13. The van der Waals surface area contributed by atoms with Gasteiger partial charge in [-0.05, 0) is 43.8 Å². The molecule has 9 heteroatoms. The molecule has 0 spiro atoms. The van der Waals surface area contributed by atoms with Gasteiger partial charge in [0.1, 0.15) is 11.0 Å². The number of aromatic nitrogens is 2. The van der Waals surface area contributed by atoms with Crippen LogP contribution in [0.1, 0.15) is 23.7 Å². The summed E-state index contributed by atoms with van der Waals surface area (Å²) in [5.74, 6) is -0.278. The Morgan fingerprint density at radius 2 is 2.15 bits per heavy atom. The Labute approximate surface area is 162 Å². The second kappa shape index (κ2) is 9.61. The minimum absolute atomic E-state index is 0.0685. The molecular weight excluding hydrogens is 377 g/mol. The molecule has 2 aromatic rings. The summed E-state index contributed by atoms with van der Waals surface area (Å²) in [5, 5.41) is 12.4. The van der Waals surface area contributed by atoms with Crippen molar-refractivity contribution in [2.75, 3.05) is 13.7 Å². The van der Waals surface area contributed by atoms with Gasteiger partial charge < -0.3 is 10.1 Å². The third-order valence-electron chi connectivity index (χ3n) is 3.51. The summed E-state index contributed by atoms with van der Waals surface area (Å²) in [4.78, 5) is 0. The molecule has 2 N–H and O–H groups in total. The van der Waals surface area contributed by atoms with E-state index in [4.69, 9.17) is 28.6 Å². The molecule has 0 radical (unpaired) electrons. The molecule has 6 nitrogen and oxygen atoms in total. The Morgan fingerprint density at radius 1 is 1.46 bits per heavy atom. The van der Waals surface area contributed by atoms with Crippen molar-refractivity contribution in [3.8, 4) is 0 Å². The molecule has 0 saturated heterocycles. The van der Waals surface area contributed by atoms with Crippen molar-refractivity contribution >= 4 is 35.1 Å². The Morgan fingerprint density at radius 3 is 2.81 bits per heavy atom. The van der Waals surface area contributed by atoms with Gasteiger partial charge in [-0.2, -0.15) is 10.2 Å². The van der Waals surface area contributed by atoms with Crippen LogP contribution in [0, 0.1) is 12.7 Å². The van der Waals surface area contributed by atoms with Crippen LogP contribution in [0.15, 0.2) is 29.4 Å². The molecule has 0 aliphatic heterocycles. The normalized spacial score (nSPS) is 12.3. The minimum Gasteiger partial charge on any atom is -0.383 e. The smallest absolute Gasteiger partial charge is 0.187 e. The monoisotopic (exact) mass is 397 g/mol. The fourth-order valence-electron chi connectivity index (χ4n) is 2.28. The van der Waals surface area contributed by atoms with Crippen LogP contribution in [0.2, 0.25) is 5.15 Å². The molecule has 0 saturated carbocycles. The zero-order valence-electron chi connectivity index (χ0n) is 14.8. The number of hydrogen-bond donors (Lipinski definition) is 2. The highest BCUT2D eigenvalue weighted by Gasteiger charge is 2.12. The minimum atomic E-state index is -0.278. The average Bonchev–Trinajstić information content (AvgIpc) is 2.84. The van der Waals surface area contributed by atoms with Gasteiger partial charge in [0.05, 0.1) is 30.6 Å². The summed E-state index contributed by atoms with van der Waals surface area (Å²) in [6.45, 7) is 4.76. The summed E-state index contributed by atoms with van der Waals surface area (Å²) in [6.07, 6.45) is 1.57. The highest BCUT2D eigenvalue weighted by molar-refractivity contribution is 7.80. The van der Waals surface area contributed by atoms with E-state index in [1.165, 1.54) is 12.1 Å². The number of ether oxygens (including phenoxy) is 1. The van der Waals surface area contributed by atoms with E-state index in [1.54, 1.807) is 30.1 Å². The average molecular weight is 398 g/mol. The van der Waals surface area contributed by atoms with Gasteiger partial charge in [0, 0.05) is 13.2 Å². The number of methoxy groups -OCH3 is 1. The first-order chi connectivity index (χ1) is 12.4. The first-order valence-corrected chi connectivity index (χ1v) is 8.75. The summed E-state index contributed by atoms with van der Waals surface area (Å²) in [5.41, 5.74) is 5.05. The van der Waals surface area contributed by atoms with Gasteiger partial charge in [0.2, 0.25) is 0 Å². The molecule has 1 heterocycles. The molecule has 0 aliphatic rings. The maximum atomic E-state index is 13.0. The van der Waals surface area contributed by atoms with Crippen LogP contribution in [0.5, 0.6) is 0 Å². The molecule has 1 aromatic carbocycles. The van der Waals surface area contributed by atoms with Gasteiger partial charge in [0.25, 0.3) is 0 Å². The van der Waals surface area contributed by atoms with Crippen LogP contribution < -0.4 is 10.7 Å². The maximum absolute atomic E-state index is 13.0. The molecule has 1 atom stereocenters. The molecule has 26 heavy (non-hydrogen) atoms. The number of rotatable bonds is 7. The Hall–Kier alpha value is -2.03. The lowest BCUT2D eigenvalue weighted by Crippen LogP contribution is -2.40. The van der Waals surface area contributed by atoms with Crippen LogP contribution in [0.3, 0.4) is 0 Å². The first-order valence-electron chi connectivity index (χ1n) is 7.96. The Bertz CT molecular complexity index is 778. The number of thiocarbonyl (C=S) groups is 1. The SMILES string of the molecule is COC[C@H](C)NC(=S)N/N=C\c1c(C)nn(Cc2ccc(F)cc2)c1Cl. The van der Waals surface area contributed by atoms with E-state index in [1.807, 2.05) is 13.8 Å². The molecule has 0 aliphatic carbocycles. The van der Waals surface area contributed by atoms with Gasteiger partial charge in [0.15, 0.2) is 5.11 Å². The van der Waals surface area contributed by atoms with E-state index in [0.29, 0.717) is 29.0 Å². The number of aryl methyl sites for hydroxylation is 1. The zero-order chi connectivity index (χ0) is 19.1. The van der Waals surface area contributed by atoms with Crippen LogP contribution >= 0.6 is 23.8 Å². The molecule has 1 aromatic heterocycles. The number of hydrogen-bond acceptors (Lipinski definition) is 4. The largest absolute Gasteiger partial charge is 0.383 e. The van der Waals surface area contributed by atoms with E-state index in [2.05, 4.69) is 20.9 Å². The van der Waals surface area contributed by atoms with E-state index < -0.39 is 0 Å². The van der Waals surface area contributed by atoms with Crippen LogP contribution in [-0.2, 0) is 11.3 Å². The van der Waals surface area contributed by atoms with Gasteiger partial charge in [-0.25, -0.2) is 9.07 Å². The van der Waals surface area contributed by atoms with E-state index in [9.17, 15) is 4.39 Å². The predicted octanol–water partition coefficient (Wildman–Crippen LogP) is 2.87. The second-order valence-electron chi connectivity index (χ2n) is 5.77. The number of hydrazone groups is 1. The molecule has 0 fully saturated rings. The standard InChI is InChI=1S/C17H21ClFN5OS/c1-11(10-25-3)21-17(26)22-20-8-15-12(2)23-24(16(15)18)9-13-4-6-14(19)7-5-13/h4-8,11H,9-10H2,1-3H3,(H2,21,22,26)/b20-8-/t11-/m0/s1. The van der Waals surface area contributed by atoms with Crippen molar-refractivity contribution in [1.82, 2.24) is 20.5 Å². The third-order valence-corrected chi connectivity index (χ3v) is 4.12. The number of nitrogens with zero attached hydrogens (tertiary/aromatic N) is 3. The molecular formula is C17H21ClFN5OS. The van der Waals surface area contributed by atoms with E-state index >= 15 is 0 Å². The van der Waals surface area contributed by atoms with Crippen molar-refractivity contribution in [3.05, 3.63) is 52.1 Å². The quantitative estimate of drug-likeness (QED) is 0.427. The summed E-state index contributed by atoms with van der Waals surface area (Å²) >= 11 is 11.5. The van der Waals surface area contributed by atoms with Crippen molar-refractivity contribution in [2.45, 2.75) is 26.4 Å². The number of halogens is 2. The number of nitrogens with one attached hydrogen (secondary N) is 2. The molecule has 2 rings (SSSR count). The van der Waals surface area contributed by atoms with E-state index in [0.717, 1.165) is 11.3 Å². The Balaban J connectivity index is 2.00. The fourth-order valence-corrected chi connectivity index (χ4v) is 2.82. The first kappa shape index (κ1) is 20.3. The lowest BCUT2D eigenvalue weighted by atomic mass is 10.2. The highest BCUT2D eigenvalue weighted by Crippen LogP contribution is 2.19. The van der Waals surface area contributed by atoms with Crippen molar-refractivity contribution in [3.63, 3.8) is 0 Å². The maximum Gasteiger partial charge on any atom is 0.187 e. The van der Waals surface area contributed by atoms with Gasteiger partial charge in [-0.3, -0.25) is 5.43 Å². The molecule has 0 amide bonds. The topological polar surface area (TPSA) is 63.5 Å². The van der Waals surface area contributed by atoms with Crippen LogP contribution in [0.25, 0.3) is 0 Å². The molecule has 0 unspecified atom stereocenters. The second-order valence-corrected chi connectivity index (χ2v) is 6.54. The fraction of sp³-hybridized carbons (Fsp3) is 0.353. The van der Waals surface area contributed by atoms with Gasteiger partial charge >= 0.3 is 0 Å². The van der Waals surface area contributed by atoms with Crippen molar-refractivity contribution in [1.29, 1.82) is 0 Å². The lowest BCUT2D eigenvalue weighted by molar-refractivity contribution is 0.179. The van der Waals surface area contributed by atoms with Crippen LogP contribution in [0.4, 0.5) is 4.39 Å². The highest BCUT2D eigenvalue weighted by atomic mass is 35.5. The van der Waals surface area contributed by atoms with Crippen molar-refractivity contribution < 1.29 is 9.13 Å². The summed E-state index contributed by atoms with van der Waals surface area (Å²) in [6, 6.07) is 6.28. The Kier molecular flexibility index (Phi) is 7.50. The number of benzene rings is 1. The molecule has 140 valence electrons. The summed E-state index contributed by atoms with van der Waals surface area (Å²) in [7, 11) is 1.63. The summed E-state index contributed by atoms with van der Waals surface area (Å²) < 4.78 is 19.7. The van der Waals surface area contributed by atoms with Crippen LogP contribution in [-0.4, -0.2) is 40.9 Å². The third kappa shape index (κ3) is 5.76. The zero-order valence-corrected chi connectivity index (χ0v) is 16.4. The predicted molar refractivity (Wildman–Crippen MR) is 105 cm³/mol. The van der Waals surface area contributed by atoms with Gasteiger partial charge in [-0.15, -0.1) is 0 Å². The van der Waals surface area contributed by atoms with Gasteiger partial charge in [-0.1, -0.05) is 23.7 Å². The molecule has 0 bridgehead atoms. The van der Waals surface area contributed by atoms with Crippen molar-refractivity contribution in [2.24, 2.45) is 5.10 Å². The van der Waals surface area contributed by atoms with E-state index in [-0.39, 0.29) is 11.9 Å².